The Balaban J connectivity index is 2.29. The first-order valence-electron chi connectivity index (χ1n) is 5.87. The molecule has 112 valence electrons. The van der Waals surface area contributed by atoms with Crippen LogP contribution in [-0.2, 0) is 22.7 Å². The Morgan fingerprint density at radius 2 is 1.81 bits per heavy atom. The van der Waals surface area contributed by atoms with E-state index in [0.29, 0.717) is 15.7 Å². The van der Waals surface area contributed by atoms with Crippen molar-refractivity contribution in [2.75, 3.05) is 5.73 Å². The number of hydrogen-bond acceptors (Lipinski definition) is 2. The van der Waals surface area contributed by atoms with Gasteiger partial charge in [-0.1, -0.05) is 28.1 Å². The summed E-state index contributed by atoms with van der Waals surface area (Å²) < 4.78 is 50.9. The molecule has 21 heavy (non-hydrogen) atoms. The van der Waals surface area contributed by atoms with E-state index in [2.05, 4.69) is 15.9 Å². The van der Waals surface area contributed by atoms with Crippen LogP contribution >= 0.6 is 15.9 Å². The highest BCUT2D eigenvalue weighted by molar-refractivity contribution is 9.10. The Morgan fingerprint density at radius 1 is 1.14 bits per heavy atom. The molecular weight excluding hydrogens is 367 g/mol. The Kier molecular flexibility index (Phi) is 4.73. The van der Waals surface area contributed by atoms with Gasteiger partial charge in [-0.05, 0) is 30.3 Å². The topological polar surface area (TPSA) is 43.1 Å². The maximum absolute atomic E-state index is 12.7. The number of hydrogen-bond donors (Lipinski definition) is 1. The summed E-state index contributed by atoms with van der Waals surface area (Å²) in [5.74, 6) is 0.0502. The molecule has 0 aliphatic rings. The summed E-state index contributed by atoms with van der Waals surface area (Å²) in [4.78, 5) is 0.125. The Morgan fingerprint density at radius 3 is 2.43 bits per heavy atom. The fraction of sp³-hybridized carbons (Fsp3) is 0.143. The van der Waals surface area contributed by atoms with E-state index in [1.165, 1.54) is 12.1 Å². The summed E-state index contributed by atoms with van der Waals surface area (Å²) in [5.41, 5.74) is 6.06. The van der Waals surface area contributed by atoms with E-state index in [-0.39, 0.29) is 10.6 Å². The van der Waals surface area contributed by atoms with Gasteiger partial charge in [0, 0.05) is 20.6 Å². The Labute approximate surface area is 130 Å². The summed E-state index contributed by atoms with van der Waals surface area (Å²) in [6.07, 6.45) is -4.45. The first-order valence-corrected chi connectivity index (χ1v) is 7.98. The monoisotopic (exact) mass is 377 g/mol. The maximum Gasteiger partial charge on any atom is 0.416 e. The van der Waals surface area contributed by atoms with Crippen molar-refractivity contribution in [1.29, 1.82) is 0 Å². The van der Waals surface area contributed by atoms with E-state index >= 15 is 0 Å². The predicted octanol–water partition coefficient (Wildman–Crippen LogP) is 4.36. The summed E-state index contributed by atoms with van der Waals surface area (Å²) >= 11 is 3.30. The van der Waals surface area contributed by atoms with Gasteiger partial charge in [-0.2, -0.15) is 13.2 Å². The van der Waals surface area contributed by atoms with Gasteiger partial charge in [0.1, 0.15) is 0 Å². The van der Waals surface area contributed by atoms with Gasteiger partial charge in [-0.15, -0.1) is 0 Å². The van der Waals surface area contributed by atoms with Crippen LogP contribution in [0.4, 0.5) is 18.9 Å². The molecule has 2 aromatic carbocycles. The fourth-order valence-electron chi connectivity index (χ4n) is 1.76. The lowest BCUT2D eigenvalue weighted by molar-refractivity contribution is -0.137. The second-order valence-electron chi connectivity index (χ2n) is 4.32. The van der Waals surface area contributed by atoms with Gasteiger partial charge in [0.2, 0.25) is 0 Å². The average Bonchev–Trinajstić information content (AvgIpc) is 2.42. The van der Waals surface area contributed by atoms with Crippen LogP contribution in [-0.4, -0.2) is 4.21 Å². The van der Waals surface area contributed by atoms with Crippen LogP contribution in [0, 0.1) is 0 Å². The molecule has 0 saturated carbocycles. The fourth-order valence-corrected chi connectivity index (χ4v) is 3.70. The molecule has 2 rings (SSSR count). The van der Waals surface area contributed by atoms with E-state index < -0.39 is 22.5 Å². The van der Waals surface area contributed by atoms with Crippen molar-refractivity contribution < 1.29 is 17.4 Å². The third-order valence-corrected chi connectivity index (χ3v) is 4.93. The van der Waals surface area contributed by atoms with Crippen molar-refractivity contribution in [2.24, 2.45) is 0 Å². The SMILES string of the molecule is Nc1cccc(Br)c1CS(=O)c1cccc(C(F)(F)F)c1. The van der Waals surface area contributed by atoms with Gasteiger partial charge in [0.05, 0.1) is 22.1 Å². The van der Waals surface area contributed by atoms with Gasteiger partial charge < -0.3 is 5.73 Å². The van der Waals surface area contributed by atoms with Gasteiger partial charge in [-0.3, -0.25) is 4.21 Å². The summed E-state index contributed by atoms with van der Waals surface area (Å²) in [6.45, 7) is 0. The van der Waals surface area contributed by atoms with E-state index in [0.717, 1.165) is 12.1 Å². The van der Waals surface area contributed by atoms with Crippen molar-refractivity contribution in [3.05, 3.63) is 58.1 Å². The average molecular weight is 378 g/mol. The van der Waals surface area contributed by atoms with Crippen LogP contribution in [0.1, 0.15) is 11.1 Å². The summed E-state index contributed by atoms with van der Waals surface area (Å²) in [7, 11) is -1.61. The van der Waals surface area contributed by atoms with Crippen LogP contribution < -0.4 is 5.73 Å². The largest absolute Gasteiger partial charge is 0.416 e. The zero-order valence-corrected chi connectivity index (χ0v) is 13.1. The number of halogens is 4. The van der Waals surface area contributed by atoms with Gasteiger partial charge in [0.25, 0.3) is 0 Å². The summed E-state index contributed by atoms with van der Waals surface area (Å²) in [6, 6.07) is 9.66. The number of nitrogens with two attached hydrogens (primary N) is 1. The van der Waals surface area contributed by atoms with Crippen LogP contribution in [0.5, 0.6) is 0 Å². The van der Waals surface area contributed by atoms with Gasteiger partial charge in [0.15, 0.2) is 0 Å². The van der Waals surface area contributed by atoms with Crippen LogP contribution in [0.15, 0.2) is 51.8 Å². The number of benzene rings is 2. The third kappa shape index (κ3) is 3.85. The van der Waals surface area contributed by atoms with Crippen molar-refractivity contribution in [1.82, 2.24) is 0 Å². The van der Waals surface area contributed by atoms with Crippen molar-refractivity contribution in [3.63, 3.8) is 0 Å². The Hall–Kier alpha value is -1.34. The minimum absolute atomic E-state index is 0.0502. The van der Waals surface area contributed by atoms with E-state index in [9.17, 15) is 17.4 Å². The minimum Gasteiger partial charge on any atom is -0.398 e. The molecule has 0 radical (unpaired) electrons. The van der Waals surface area contributed by atoms with E-state index in [1.54, 1.807) is 18.2 Å². The molecule has 0 aliphatic heterocycles. The van der Waals surface area contributed by atoms with Crippen molar-refractivity contribution in [2.45, 2.75) is 16.8 Å². The molecule has 1 atom stereocenters. The number of anilines is 1. The molecule has 2 nitrogen and oxygen atoms in total. The molecule has 0 heterocycles. The second kappa shape index (κ2) is 6.19. The second-order valence-corrected chi connectivity index (χ2v) is 6.63. The van der Waals surface area contributed by atoms with Crippen LogP contribution in [0.25, 0.3) is 0 Å². The summed E-state index contributed by atoms with van der Waals surface area (Å²) in [5, 5.41) is 0. The molecule has 2 aromatic rings. The molecule has 7 heteroatoms. The first kappa shape index (κ1) is 16.0. The number of alkyl halides is 3. The van der Waals surface area contributed by atoms with Gasteiger partial charge in [-0.25, -0.2) is 0 Å². The quantitative estimate of drug-likeness (QED) is 0.807. The molecule has 0 saturated heterocycles. The molecule has 0 aliphatic carbocycles. The molecule has 0 aromatic heterocycles. The van der Waals surface area contributed by atoms with E-state index in [1.807, 2.05) is 0 Å². The van der Waals surface area contributed by atoms with Crippen LogP contribution in [0.2, 0.25) is 0 Å². The van der Waals surface area contributed by atoms with Gasteiger partial charge >= 0.3 is 6.18 Å². The molecule has 2 N–H and O–H groups in total. The van der Waals surface area contributed by atoms with Crippen molar-refractivity contribution >= 4 is 32.4 Å². The standard InChI is InChI=1S/C14H11BrF3NOS/c15-12-5-2-6-13(19)11(12)8-21(20)10-4-1-3-9(7-10)14(16,17)18/h1-7H,8,19H2. The highest BCUT2D eigenvalue weighted by atomic mass is 79.9. The number of nitrogen functional groups attached to an aromatic ring is 1. The zero-order valence-electron chi connectivity index (χ0n) is 10.7. The van der Waals surface area contributed by atoms with E-state index in [4.69, 9.17) is 5.73 Å². The highest BCUT2D eigenvalue weighted by Crippen LogP contribution is 2.31. The van der Waals surface area contributed by atoms with Crippen LogP contribution in [0.3, 0.4) is 0 Å². The lowest BCUT2D eigenvalue weighted by Crippen LogP contribution is -2.07. The van der Waals surface area contributed by atoms with Crippen molar-refractivity contribution in [3.8, 4) is 0 Å². The highest BCUT2D eigenvalue weighted by Gasteiger charge is 2.30. The normalized spacial score (nSPS) is 13.1. The maximum atomic E-state index is 12.7. The molecule has 1 unspecified atom stereocenters. The zero-order chi connectivity index (χ0) is 15.6. The third-order valence-electron chi connectivity index (χ3n) is 2.85. The molecule has 0 fully saturated rings. The molecule has 0 spiro atoms. The molecule has 0 amide bonds. The lowest BCUT2D eigenvalue weighted by Gasteiger charge is -2.10. The Bertz CT molecular complexity index is 668. The molecule has 0 bridgehead atoms. The lowest BCUT2D eigenvalue weighted by atomic mass is 10.2. The smallest absolute Gasteiger partial charge is 0.398 e. The number of rotatable bonds is 3. The minimum atomic E-state index is -4.45. The molecular formula is C14H11BrF3NOS. The first-order chi connectivity index (χ1) is 9.79. The predicted molar refractivity (Wildman–Crippen MR) is 80.1 cm³/mol.